The minimum Gasteiger partial charge on any atom is -0.477 e. The Hall–Kier alpha value is -1.49. The van der Waals surface area contributed by atoms with Gasteiger partial charge in [-0.15, -0.1) is 22.0 Å². The molecule has 1 aromatic heterocycles. The average Bonchev–Trinajstić information content (AvgIpc) is 3.12. The minimum absolute atomic E-state index is 0.221. The number of carboxylic acid groups (broad SMARTS) is 1. The molecule has 0 aliphatic carbocycles. The van der Waals surface area contributed by atoms with E-state index in [1.807, 2.05) is 0 Å². The molecule has 3 heterocycles. The van der Waals surface area contributed by atoms with Crippen molar-refractivity contribution in [3.8, 4) is 0 Å². The lowest BCUT2D eigenvalue weighted by Crippen LogP contribution is -2.80. The zero-order valence-electron chi connectivity index (χ0n) is 15.9. The minimum atomic E-state index is -4.61. The zero-order valence-corrected chi connectivity index (χ0v) is 19.2. The van der Waals surface area contributed by atoms with Gasteiger partial charge in [-0.05, 0) is 24.3 Å². The second kappa shape index (κ2) is 9.17. The Morgan fingerprint density at radius 1 is 1.42 bits per heavy atom. The van der Waals surface area contributed by atoms with Crippen LogP contribution in [0.3, 0.4) is 0 Å². The average molecular weight is 517 g/mol. The molecule has 16 heteroatoms. The molecule has 0 bridgehead atoms. The number of aryl methyl sites for hydroxylation is 1. The van der Waals surface area contributed by atoms with Crippen molar-refractivity contribution in [3.63, 3.8) is 0 Å². The fourth-order valence-corrected chi connectivity index (χ4v) is 6.69. The molecule has 1 fully saturated rings. The molecule has 2 amide bonds. The first-order valence-electron chi connectivity index (χ1n) is 8.39. The van der Waals surface area contributed by atoms with Crippen molar-refractivity contribution in [2.45, 2.75) is 27.9 Å². The van der Waals surface area contributed by atoms with E-state index in [2.05, 4.69) is 15.5 Å². The van der Waals surface area contributed by atoms with Crippen molar-refractivity contribution in [1.82, 2.24) is 20.4 Å². The molecule has 2 atom stereocenters. The maximum Gasteiger partial charge on any atom is 0.442 e. The van der Waals surface area contributed by atoms with Crippen molar-refractivity contribution in [2.75, 3.05) is 24.4 Å². The normalized spacial score (nSPS) is 23.5. The molecule has 9 nitrogen and oxygen atoms in total. The second-order valence-corrected chi connectivity index (χ2v) is 10.7. The van der Waals surface area contributed by atoms with Crippen molar-refractivity contribution in [3.05, 3.63) is 16.3 Å². The summed E-state index contributed by atoms with van der Waals surface area (Å²) in [6, 6.07) is 0. The van der Waals surface area contributed by atoms with E-state index in [1.165, 1.54) is 23.1 Å². The van der Waals surface area contributed by atoms with Gasteiger partial charge in [-0.25, -0.2) is 4.79 Å². The first-order valence-corrected chi connectivity index (χ1v) is 12.2. The third kappa shape index (κ3) is 4.97. The number of carbonyl (C=O) groups excluding carboxylic acids is 2. The van der Waals surface area contributed by atoms with Crippen LogP contribution in [0.2, 0.25) is 0 Å². The van der Waals surface area contributed by atoms with Crippen LogP contribution in [-0.4, -0.2) is 79.0 Å². The van der Waals surface area contributed by atoms with E-state index in [1.54, 1.807) is 6.92 Å². The summed E-state index contributed by atoms with van der Waals surface area (Å²) in [6.45, 7) is 1.79. The first-order chi connectivity index (χ1) is 14.5. The van der Waals surface area contributed by atoms with Crippen molar-refractivity contribution >= 4 is 64.4 Å². The van der Waals surface area contributed by atoms with Crippen LogP contribution in [0.25, 0.3) is 0 Å². The number of rotatable bonds is 8. The summed E-state index contributed by atoms with van der Waals surface area (Å²) in [5, 5.41) is 19.6. The highest BCUT2D eigenvalue weighted by Crippen LogP contribution is 2.47. The number of nitrogens with one attached hydrogen (secondary N) is 1. The Morgan fingerprint density at radius 2 is 2.13 bits per heavy atom. The molecule has 1 saturated heterocycles. The van der Waals surface area contributed by atoms with Gasteiger partial charge in [-0.1, -0.05) is 23.1 Å². The third-order valence-electron chi connectivity index (χ3n) is 4.20. The molecular formula is C15H15F3N4O5S4. The topological polar surface area (TPSA) is 122 Å². The van der Waals surface area contributed by atoms with E-state index in [0.29, 0.717) is 9.91 Å². The van der Waals surface area contributed by atoms with Crippen molar-refractivity contribution in [1.29, 1.82) is 0 Å². The molecular weight excluding hydrogens is 501 g/mol. The Labute approximate surface area is 190 Å². The van der Waals surface area contributed by atoms with Gasteiger partial charge in [0.15, 0.2) is 4.34 Å². The zero-order chi connectivity index (χ0) is 23.0. The number of hydrogen-bond acceptors (Lipinski definition) is 10. The van der Waals surface area contributed by atoms with Crippen LogP contribution in [0, 0.1) is 6.92 Å². The number of ether oxygens (including phenoxy) is 1. The molecule has 2 N–H and O–H groups in total. The maximum absolute atomic E-state index is 12.8. The lowest BCUT2D eigenvalue weighted by molar-refractivity contribution is -0.192. The van der Waals surface area contributed by atoms with E-state index in [9.17, 15) is 32.7 Å². The van der Waals surface area contributed by atoms with E-state index in [4.69, 9.17) is 4.74 Å². The Morgan fingerprint density at radius 3 is 2.68 bits per heavy atom. The van der Waals surface area contributed by atoms with Gasteiger partial charge in [0.25, 0.3) is 11.6 Å². The van der Waals surface area contributed by atoms with Gasteiger partial charge in [0, 0.05) is 18.6 Å². The Bertz CT molecular complexity index is 940. The number of thioether (sulfide) groups is 3. The predicted molar refractivity (Wildman–Crippen MR) is 110 cm³/mol. The van der Waals surface area contributed by atoms with Gasteiger partial charge in [0.05, 0.1) is 5.75 Å². The number of methoxy groups -OCH3 is 1. The number of nitrogens with zero attached hydrogens (tertiary/aromatic N) is 3. The molecule has 0 spiro atoms. The molecule has 0 radical (unpaired) electrons. The van der Waals surface area contributed by atoms with E-state index in [-0.39, 0.29) is 17.2 Å². The summed E-state index contributed by atoms with van der Waals surface area (Å²) >= 11 is 3.24. The Balaban J connectivity index is 1.76. The summed E-state index contributed by atoms with van der Waals surface area (Å²) in [5.41, 5.74) is -6.29. The van der Waals surface area contributed by atoms with Crippen LogP contribution >= 0.6 is 46.6 Å². The van der Waals surface area contributed by atoms with Crippen LogP contribution in [0.1, 0.15) is 5.01 Å². The first kappa shape index (κ1) is 24.2. The molecule has 3 rings (SSSR count). The largest absolute Gasteiger partial charge is 0.477 e. The van der Waals surface area contributed by atoms with E-state index in [0.717, 1.165) is 28.8 Å². The Kier molecular flexibility index (Phi) is 7.15. The van der Waals surface area contributed by atoms with Crippen molar-refractivity contribution in [2.24, 2.45) is 0 Å². The highest BCUT2D eigenvalue weighted by atomic mass is 32.2. The number of aromatic nitrogens is 2. The monoisotopic (exact) mass is 516 g/mol. The van der Waals surface area contributed by atoms with Crippen LogP contribution in [0.5, 0.6) is 0 Å². The van der Waals surface area contributed by atoms with Crippen LogP contribution in [0.15, 0.2) is 15.6 Å². The van der Waals surface area contributed by atoms with Gasteiger partial charge in [-0.2, -0.15) is 13.2 Å². The quantitative estimate of drug-likeness (QED) is 0.301. The SMILES string of the molecule is CO[C@@]1(NC(=O)CSC(F)(F)F)C(=O)N2C(C(=O)O)=C(CSc3nnc(C)s3)CS[C@H]21. The fraction of sp³-hybridized carbons (Fsp3) is 0.533. The van der Waals surface area contributed by atoms with Crippen molar-refractivity contribution < 1.29 is 37.4 Å². The second-order valence-electron chi connectivity index (χ2n) is 6.19. The number of carboxylic acids is 1. The van der Waals surface area contributed by atoms with Crippen LogP contribution in [0.4, 0.5) is 13.2 Å². The number of β-lactam (4-membered cyclic amide) rings is 1. The molecule has 0 saturated carbocycles. The fourth-order valence-electron chi connectivity index (χ4n) is 2.93. The van der Waals surface area contributed by atoms with Crippen LogP contribution in [-0.2, 0) is 19.1 Å². The molecule has 0 unspecified atom stereocenters. The molecule has 31 heavy (non-hydrogen) atoms. The lowest BCUT2D eigenvalue weighted by Gasteiger charge is -2.55. The number of carbonyl (C=O) groups is 3. The third-order valence-corrected chi connectivity index (χ3v) is 8.37. The number of amides is 2. The summed E-state index contributed by atoms with van der Waals surface area (Å²) in [4.78, 5) is 37.7. The van der Waals surface area contributed by atoms with E-state index < -0.39 is 51.9 Å². The number of halogens is 3. The molecule has 2 aliphatic rings. The highest BCUT2D eigenvalue weighted by Gasteiger charge is 2.66. The number of alkyl halides is 3. The number of hydrogen-bond donors (Lipinski definition) is 2. The highest BCUT2D eigenvalue weighted by molar-refractivity contribution is 8.02. The molecule has 0 aromatic carbocycles. The van der Waals surface area contributed by atoms with Gasteiger partial charge >= 0.3 is 11.5 Å². The standard InChI is InChI=1S/C15H15F3N4O5S4/c1-6-20-21-13(31-6)29-4-7-3-28-12-14(27-2,11(26)22(12)9(7)10(24)25)19-8(23)5-30-15(16,17)18/h12H,3-5H2,1-2H3,(H,19,23)(H,24,25)/t12-,14-/m0/s1. The smallest absolute Gasteiger partial charge is 0.442 e. The van der Waals surface area contributed by atoms with E-state index >= 15 is 0 Å². The summed E-state index contributed by atoms with van der Waals surface area (Å²) in [7, 11) is 1.13. The molecule has 1 aromatic rings. The molecule has 2 aliphatic heterocycles. The maximum atomic E-state index is 12.8. The van der Waals surface area contributed by atoms with Gasteiger partial charge < -0.3 is 15.2 Å². The van der Waals surface area contributed by atoms with Crippen LogP contribution < -0.4 is 5.32 Å². The van der Waals surface area contributed by atoms with Gasteiger partial charge in [0.1, 0.15) is 16.1 Å². The summed E-state index contributed by atoms with van der Waals surface area (Å²) < 4.78 is 42.9. The predicted octanol–water partition coefficient (Wildman–Crippen LogP) is 1.90. The summed E-state index contributed by atoms with van der Waals surface area (Å²) in [6.07, 6.45) is 0. The van der Waals surface area contributed by atoms with Gasteiger partial charge in [-0.3, -0.25) is 14.5 Å². The molecule has 170 valence electrons. The number of fused-ring (bicyclic) bond motifs is 1. The van der Waals surface area contributed by atoms with Gasteiger partial charge in [0.2, 0.25) is 5.91 Å². The summed E-state index contributed by atoms with van der Waals surface area (Å²) in [5.74, 6) is -3.71. The lowest BCUT2D eigenvalue weighted by atomic mass is 9.98. The number of aliphatic carboxylic acids is 1.